The summed E-state index contributed by atoms with van der Waals surface area (Å²) in [6.45, 7) is 2.07. The highest BCUT2D eigenvalue weighted by Crippen LogP contribution is 2.17. The van der Waals surface area contributed by atoms with Crippen LogP contribution in [0.1, 0.15) is 27.2 Å². The van der Waals surface area contributed by atoms with Crippen LogP contribution in [0.5, 0.6) is 0 Å². The molecule has 2 aromatic rings. The summed E-state index contributed by atoms with van der Waals surface area (Å²) in [7, 11) is 0. The van der Waals surface area contributed by atoms with Crippen LogP contribution in [-0.4, -0.2) is 17.4 Å². The smallest absolute Gasteiger partial charge is 0.253 e. The van der Waals surface area contributed by atoms with Gasteiger partial charge in [-0.15, -0.1) is 0 Å². The van der Waals surface area contributed by atoms with E-state index in [2.05, 4.69) is 15.6 Å². The number of nitrogens with one attached hydrogen (secondary N) is 2. The monoisotopic (exact) mass is 257 g/mol. The Kier molecular flexibility index (Phi) is 3.29. The minimum Gasteiger partial charge on any atom is -0.467 e. The van der Waals surface area contributed by atoms with Gasteiger partial charge in [-0.25, -0.2) is 0 Å². The fraction of sp³-hybridized carbons (Fsp3) is 0.286. The molecule has 0 bridgehead atoms. The number of aromatic nitrogens is 1. The number of hydrogen-bond acceptors (Lipinski definition) is 4. The summed E-state index contributed by atoms with van der Waals surface area (Å²) in [6, 6.07) is 3.64. The van der Waals surface area contributed by atoms with E-state index in [0.29, 0.717) is 12.1 Å². The molecule has 0 aliphatic carbocycles. The average Bonchev–Trinajstić information content (AvgIpc) is 2.97. The van der Waals surface area contributed by atoms with E-state index >= 15 is 0 Å². The summed E-state index contributed by atoms with van der Waals surface area (Å²) in [5, 5.41) is 6.13. The van der Waals surface area contributed by atoms with Crippen molar-refractivity contribution in [2.45, 2.75) is 19.5 Å². The van der Waals surface area contributed by atoms with Crippen molar-refractivity contribution < 1.29 is 9.21 Å². The molecule has 0 saturated carbocycles. The van der Waals surface area contributed by atoms with Gasteiger partial charge in [-0.1, -0.05) is 0 Å². The Morgan fingerprint density at radius 3 is 3.26 bits per heavy atom. The minimum absolute atomic E-state index is 0.0948. The Labute approximate surface area is 111 Å². The van der Waals surface area contributed by atoms with Gasteiger partial charge in [0, 0.05) is 18.9 Å². The van der Waals surface area contributed by atoms with Crippen LogP contribution in [0.3, 0.4) is 0 Å². The third-order valence-electron chi connectivity index (χ3n) is 3.26. The van der Waals surface area contributed by atoms with E-state index in [0.717, 1.165) is 36.4 Å². The van der Waals surface area contributed by atoms with Crippen LogP contribution in [-0.2, 0) is 19.5 Å². The van der Waals surface area contributed by atoms with Gasteiger partial charge in [0.25, 0.3) is 5.91 Å². The number of nitrogens with zero attached hydrogens (tertiary/aromatic N) is 1. The maximum atomic E-state index is 12.2. The first kappa shape index (κ1) is 11.9. The third kappa shape index (κ3) is 2.51. The van der Waals surface area contributed by atoms with Crippen LogP contribution in [0, 0.1) is 0 Å². The number of carbonyl (C=O) groups is 1. The molecule has 0 aromatic carbocycles. The van der Waals surface area contributed by atoms with Crippen LogP contribution >= 0.6 is 0 Å². The molecule has 0 radical (unpaired) electrons. The van der Waals surface area contributed by atoms with Gasteiger partial charge in [-0.2, -0.15) is 0 Å². The molecule has 0 spiro atoms. The number of hydrogen-bond donors (Lipinski definition) is 2. The molecule has 0 saturated heterocycles. The molecule has 0 unspecified atom stereocenters. The van der Waals surface area contributed by atoms with E-state index in [1.807, 2.05) is 12.3 Å². The topological polar surface area (TPSA) is 67.2 Å². The van der Waals surface area contributed by atoms with Gasteiger partial charge in [-0.05, 0) is 36.2 Å². The predicted octanol–water partition coefficient (Wildman–Crippen LogP) is 1.25. The first-order valence-corrected chi connectivity index (χ1v) is 6.31. The fourth-order valence-corrected chi connectivity index (χ4v) is 2.29. The van der Waals surface area contributed by atoms with Crippen molar-refractivity contribution in [3.8, 4) is 0 Å². The predicted molar refractivity (Wildman–Crippen MR) is 69.5 cm³/mol. The standard InChI is InChI=1S/C14H15N3O2/c18-14(17-8-11-2-1-5-19-11)13-9-16-7-10-6-15-4-3-12(10)13/h1-2,5,7,9,15H,3-4,6,8H2,(H,17,18). The molecule has 3 rings (SSSR count). The third-order valence-corrected chi connectivity index (χ3v) is 3.26. The number of carbonyl (C=O) groups excluding carboxylic acids is 1. The Morgan fingerprint density at radius 2 is 2.42 bits per heavy atom. The number of fused-ring (bicyclic) bond motifs is 1. The second-order valence-corrected chi connectivity index (χ2v) is 4.51. The molecular formula is C14H15N3O2. The van der Waals surface area contributed by atoms with E-state index in [1.54, 1.807) is 18.5 Å². The van der Waals surface area contributed by atoms with Crippen molar-refractivity contribution in [1.82, 2.24) is 15.6 Å². The molecule has 1 aliphatic rings. The Balaban J connectivity index is 1.76. The van der Waals surface area contributed by atoms with Gasteiger partial charge in [0.2, 0.25) is 0 Å². The molecule has 1 aliphatic heterocycles. The van der Waals surface area contributed by atoms with Crippen LogP contribution in [0.15, 0.2) is 35.2 Å². The van der Waals surface area contributed by atoms with Gasteiger partial charge in [0.15, 0.2) is 0 Å². The zero-order valence-electron chi connectivity index (χ0n) is 10.5. The van der Waals surface area contributed by atoms with Crippen molar-refractivity contribution in [1.29, 1.82) is 0 Å². The fourth-order valence-electron chi connectivity index (χ4n) is 2.29. The van der Waals surface area contributed by atoms with Gasteiger partial charge < -0.3 is 15.1 Å². The minimum atomic E-state index is -0.0948. The quantitative estimate of drug-likeness (QED) is 0.868. The van der Waals surface area contributed by atoms with Crippen molar-refractivity contribution in [2.75, 3.05) is 6.54 Å². The first-order chi connectivity index (χ1) is 9.34. The molecule has 98 valence electrons. The van der Waals surface area contributed by atoms with E-state index < -0.39 is 0 Å². The Morgan fingerprint density at radius 1 is 1.47 bits per heavy atom. The lowest BCUT2D eigenvalue weighted by molar-refractivity contribution is 0.0946. The largest absolute Gasteiger partial charge is 0.467 e. The lowest BCUT2D eigenvalue weighted by atomic mass is 9.98. The van der Waals surface area contributed by atoms with Gasteiger partial charge in [0.05, 0.1) is 18.4 Å². The van der Waals surface area contributed by atoms with Crippen molar-refractivity contribution in [3.63, 3.8) is 0 Å². The SMILES string of the molecule is O=C(NCc1ccco1)c1cncc2c1CCNC2. The van der Waals surface area contributed by atoms with Crippen molar-refractivity contribution >= 4 is 5.91 Å². The second kappa shape index (κ2) is 5.24. The van der Waals surface area contributed by atoms with E-state index in [9.17, 15) is 4.79 Å². The molecule has 3 heterocycles. The number of furan rings is 1. The molecule has 5 nitrogen and oxygen atoms in total. The summed E-state index contributed by atoms with van der Waals surface area (Å²) in [6.07, 6.45) is 5.92. The molecule has 0 fully saturated rings. The summed E-state index contributed by atoms with van der Waals surface area (Å²) in [4.78, 5) is 16.3. The number of pyridine rings is 1. The van der Waals surface area contributed by atoms with E-state index in [4.69, 9.17) is 4.42 Å². The van der Waals surface area contributed by atoms with Crippen LogP contribution in [0.25, 0.3) is 0 Å². The molecule has 1 amide bonds. The van der Waals surface area contributed by atoms with Crippen molar-refractivity contribution in [3.05, 3.63) is 53.2 Å². The van der Waals surface area contributed by atoms with E-state index in [1.165, 1.54) is 0 Å². The van der Waals surface area contributed by atoms with Crippen LogP contribution in [0.4, 0.5) is 0 Å². The highest BCUT2D eigenvalue weighted by Gasteiger charge is 2.17. The van der Waals surface area contributed by atoms with Crippen LogP contribution < -0.4 is 10.6 Å². The summed E-state index contributed by atoms with van der Waals surface area (Å²) < 4.78 is 5.19. The molecule has 19 heavy (non-hydrogen) atoms. The Hall–Kier alpha value is -2.14. The zero-order valence-corrected chi connectivity index (χ0v) is 10.5. The highest BCUT2D eigenvalue weighted by molar-refractivity contribution is 5.95. The lowest BCUT2D eigenvalue weighted by Crippen LogP contribution is -2.29. The summed E-state index contributed by atoms with van der Waals surface area (Å²) in [5.74, 6) is 0.649. The molecule has 5 heteroatoms. The average molecular weight is 257 g/mol. The lowest BCUT2D eigenvalue weighted by Gasteiger charge is -2.19. The maximum Gasteiger partial charge on any atom is 0.253 e. The molecular weight excluding hydrogens is 242 g/mol. The number of amides is 1. The molecule has 2 aromatic heterocycles. The highest BCUT2D eigenvalue weighted by atomic mass is 16.3. The second-order valence-electron chi connectivity index (χ2n) is 4.51. The zero-order chi connectivity index (χ0) is 13.1. The maximum absolute atomic E-state index is 12.2. The Bertz CT molecular complexity index is 578. The van der Waals surface area contributed by atoms with Gasteiger partial charge >= 0.3 is 0 Å². The summed E-state index contributed by atoms with van der Waals surface area (Å²) in [5.41, 5.74) is 2.88. The van der Waals surface area contributed by atoms with Gasteiger partial charge in [0.1, 0.15) is 5.76 Å². The van der Waals surface area contributed by atoms with Gasteiger partial charge in [-0.3, -0.25) is 9.78 Å². The van der Waals surface area contributed by atoms with Crippen LogP contribution in [0.2, 0.25) is 0 Å². The number of rotatable bonds is 3. The molecule has 2 N–H and O–H groups in total. The van der Waals surface area contributed by atoms with Crippen molar-refractivity contribution in [2.24, 2.45) is 0 Å². The normalized spacial score (nSPS) is 13.9. The first-order valence-electron chi connectivity index (χ1n) is 6.31. The van der Waals surface area contributed by atoms with E-state index in [-0.39, 0.29) is 5.91 Å². The summed E-state index contributed by atoms with van der Waals surface area (Å²) >= 11 is 0. The molecule has 0 atom stereocenters.